The Morgan fingerprint density at radius 3 is 2.61 bits per heavy atom. The number of aryl methyl sites for hydroxylation is 2. The molecule has 0 aromatic heterocycles. The first-order valence-electron chi connectivity index (χ1n) is 5.70. The Balaban J connectivity index is 2.42. The lowest BCUT2D eigenvalue weighted by Crippen LogP contribution is -1.93. The van der Waals surface area contributed by atoms with Gasteiger partial charge in [-0.05, 0) is 37.1 Å². The summed E-state index contributed by atoms with van der Waals surface area (Å²) in [6, 6.07) is 11.7. The normalized spacial score (nSPS) is 10.4. The van der Waals surface area contributed by atoms with Gasteiger partial charge in [0.05, 0.1) is 10.9 Å². The van der Waals surface area contributed by atoms with Gasteiger partial charge in [0, 0.05) is 5.56 Å². The highest BCUT2D eigenvalue weighted by molar-refractivity contribution is 6.32. The molecule has 1 nitrogen and oxygen atoms in total. The number of ether oxygens (including phenoxy) is 1. The summed E-state index contributed by atoms with van der Waals surface area (Å²) in [6.07, 6.45) is 0. The predicted molar refractivity (Wildman–Crippen MR) is 77.0 cm³/mol. The molecular weight excluding hydrogens is 267 g/mol. The van der Waals surface area contributed by atoms with E-state index in [1.807, 2.05) is 38.1 Å². The molecular formula is C15H14Cl2O. The van der Waals surface area contributed by atoms with Crippen LogP contribution in [0.3, 0.4) is 0 Å². The average Bonchev–Trinajstić information content (AvgIpc) is 2.36. The van der Waals surface area contributed by atoms with E-state index >= 15 is 0 Å². The quantitative estimate of drug-likeness (QED) is 0.676. The maximum atomic E-state index is 6.17. The highest BCUT2D eigenvalue weighted by atomic mass is 35.5. The minimum absolute atomic E-state index is 0.376. The van der Waals surface area contributed by atoms with Crippen LogP contribution < -0.4 is 4.74 Å². The van der Waals surface area contributed by atoms with Gasteiger partial charge in [0.2, 0.25) is 0 Å². The summed E-state index contributed by atoms with van der Waals surface area (Å²) < 4.78 is 5.93. The van der Waals surface area contributed by atoms with Crippen LogP contribution in [0, 0.1) is 13.8 Å². The number of para-hydroxylation sites is 1. The Kier molecular flexibility index (Phi) is 4.15. The van der Waals surface area contributed by atoms with Crippen LogP contribution in [0.15, 0.2) is 36.4 Å². The van der Waals surface area contributed by atoms with E-state index in [9.17, 15) is 0 Å². The van der Waals surface area contributed by atoms with Gasteiger partial charge in [-0.2, -0.15) is 0 Å². The van der Waals surface area contributed by atoms with Crippen molar-refractivity contribution < 1.29 is 4.74 Å². The molecule has 0 radical (unpaired) electrons. The summed E-state index contributed by atoms with van der Waals surface area (Å²) in [5, 5.41) is 0.578. The van der Waals surface area contributed by atoms with E-state index in [1.54, 1.807) is 6.07 Å². The SMILES string of the molecule is Cc1ccc(C)c(Oc2c(Cl)cccc2CCl)c1. The largest absolute Gasteiger partial charge is 0.455 e. The van der Waals surface area contributed by atoms with Crippen molar-refractivity contribution in [3.05, 3.63) is 58.1 Å². The maximum Gasteiger partial charge on any atom is 0.150 e. The van der Waals surface area contributed by atoms with E-state index in [0.717, 1.165) is 22.4 Å². The first kappa shape index (κ1) is 13.3. The predicted octanol–water partition coefficient (Wildman–Crippen LogP) is 5.49. The van der Waals surface area contributed by atoms with Gasteiger partial charge in [0.25, 0.3) is 0 Å². The van der Waals surface area contributed by atoms with Gasteiger partial charge in [0.1, 0.15) is 11.5 Å². The fourth-order valence-corrected chi connectivity index (χ4v) is 2.14. The summed E-state index contributed by atoms with van der Waals surface area (Å²) in [5.74, 6) is 1.83. The van der Waals surface area contributed by atoms with Crippen molar-refractivity contribution >= 4 is 23.2 Å². The number of halogens is 2. The van der Waals surface area contributed by atoms with Crippen molar-refractivity contribution in [2.75, 3.05) is 0 Å². The highest BCUT2D eigenvalue weighted by Gasteiger charge is 2.10. The van der Waals surface area contributed by atoms with Gasteiger partial charge in [-0.25, -0.2) is 0 Å². The lowest BCUT2D eigenvalue weighted by atomic mass is 10.1. The minimum Gasteiger partial charge on any atom is -0.455 e. The van der Waals surface area contributed by atoms with Crippen molar-refractivity contribution in [2.24, 2.45) is 0 Å². The molecule has 0 atom stereocenters. The van der Waals surface area contributed by atoms with Crippen molar-refractivity contribution in [1.29, 1.82) is 0 Å². The molecule has 0 spiro atoms. The molecule has 0 saturated carbocycles. The number of rotatable bonds is 3. The first-order valence-corrected chi connectivity index (χ1v) is 6.61. The Morgan fingerprint density at radius 1 is 1.11 bits per heavy atom. The van der Waals surface area contributed by atoms with Crippen LogP contribution in [-0.2, 0) is 5.88 Å². The smallest absolute Gasteiger partial charge is 0.150 e. The molecule has 3 heteroatoms. The second-order valence-electron chi connectivity index (χ2n) is 4.23. The summed E-state index contributed by atoms with van der Waals surface area (Å²) in [5.41, 5.74) is 3.11. The van der Waals surface area contributed by atoms with Crippen molar-refractivity contribution in [1.82, 2.24) is 0 Å². The summed E-state index contributed by atoms with van der Waals surface area (Å²) in [4.78, 5) is 0. The molecule has 0 unspecified atom stereocenters. The fraction of sp³-hybridized carbons (Fsp3) is 0.200. The fourth-order valence-electron chi connectivity index (χ4n) is 1.70. The van der Waals surface area contributed by atoms with E-state index in [0.29, 0.717) is 16.7 Å². The molecule has 0 fully saturated rings. The molecule has 0 bridgehead atoms. The van der Waals surface area contributed by atoms with Crippen molar-refractivity contribution in [2.45, 2.75) is 19.7 Å². The third-order valence-electron chi connectivity index (χ3n) is 2.75. The van der Waals surface area contributed by atoms with Crippen LogP contribution >= 0.6 is 23.2 Å². The van der Waals surface area contributed by atoms with Gasteiger partial charge in [-0.1, -0.05) is 35.9 Å². The monoisotopic (exact) mass is 280 g/mol. The van der Waals surface area contributed by atoms with Crippen molar-refractivity contribution in [3.63, 3.8) is 0 Å². The van der Waals surface area contributed by atoms with E-state index in [-0.39, 0.29) is 0 Å². The van der Waals surface area contributed by atoms with Crippen LogP contribution in [0.5, 0.6) is 11.5 Å². The van der Waals surface area contributed by atoms with Gasteiger partial charge in [0.15, 0.2) is 0 Å². The maximum absolute atomic E-state index is 6.17. The van der Waals surface area contributed by atoms with E-state index in [2.05, 4.69) is 6.07 Å². The second-order valence-corrected chi connectivity index (χ2v) is 4.91. The minimum atomic E-state index is 0.376. The summed E-state index contributed by atoms with van der Waals surface area (Å²) in [7, 11) is 0. The van der Waals surface area contributed by atoms with Gasteiger partial charge in [-0.3, -0.25) is 0 Å². The zero-order valence-corrected chi connectivity index (χ0v) is 11.8. The summed E-state index contributed by atoms with van der Waals surface area (Å²) in [6.45, 7) is 4.04. The summed E-state index contributed by atoms with van der Waals surface area (Å²) >= 11 is 12.1. The van der Waals surface area contributed by atoms with Crippen LogP contribution in [0.25, 0.3) is 0 Å². The Labute approximate surface area is 117 Å². The molecule has 0 aliphatic heterocycles. The second kappa shape index (κ2) is 5.64. The van der Waals surface area contributed by atoms with E-state index < -0.39 is 0 Å². The Hall–Kier alpha value is -1.18. The molecule has 18 heavy (non-hydrogen) atoms. The van der Waals surface area contributed by atoms with Crippen LogP contribution in [0.1, 0.15) is 16.7 Å². The van der Waals surface area contributed by atoms with E-state index in [1.165, 1.54) is 0 Å². The number of benzene rings is 2. The van der Waals surface area contributed by atoms with Crippen LogP contribution in [0.4, 0.5) is 0 Å². The zero-order valence-electron chi connectivity index (χ0n) is 10.3. The van der Waals surface area contributed by atoms with Crippen molar-refractivity contribution in [3.8, 4) is 11.5 Å². The molecule has 2 aromatic rings. The topological polar surface area (TPSA) is 9.23 Å². The van der Waals surface area contributed by atoms with Gasteiger partial charge >= 0.3 is 0 Å². The lowest BCUT2D eigenvalue weighted by molar-refractivity contribution is 0.474. The third kappa shape index (κ3) is 2.80. The molecule has 0 amide bonds. The zero-order chi connectivity index (χ0) is 13.1. The van der Waals surface area contributed by atoms with Gasteiger partial charge in [-0.15, -0.1) is 11.6 Å². The molecule has 2 aromatic carbocycles. The number of alkyl halides is 1. The van der Waals surface area contributed by atoms with E-state index in [4.69, 9.17) is 27.9 Å². The molecule has 0 aliphatic rings. The van der Waals surface area contributed by atoms with Crippen LogP contribution in [0.2, 0.25) is 5.02 Å². The molecule has 0 aliphatic carbocycles. The lowest BCUT2D eigenvalue weighted by Gasteiger charge is -2.13. The Bertz CT molecular complexity index is 564. The number of hydrogen-bond acceptors (Lipinski definition) is 1. The molecule has 0 saturated heterocycles. The van der Waals surface area contributed by atoms with Crippen LogP contribution in [-0.4, -0.2) is 0 Å². The third-order valence-corrected chi connectivity index (χ3v) is 3.33. The molecule has 94 valence electrons. The van der Waals surface area contributed by atoms with Gasteiger partial charge < -0.3 is 4.74 Å². The molecule has 0 N–H and O–H groups in total. The molecule has 0 heterocycles. The number of hydrogen-bond donors (Lipinski definition) is 0. The Morgan fingerprint density at radius 2 is 1.89 bits per heavy atom. The first-order chi connectivity index (χ1) is 8.61. The highest BCUT2D eigenvalue weighted by Crippen LogP contribution is 2.35. The standard InChI is InChI=1S/C15H14Cl2O/c1-10-6-7-11(2)14(8-10)18-15-12(9-16)4-3-5-13(15)17/h3-8H,9H2,1-2H3. The molecule has 2 rings (SSSR count). The average molecular weight is 281 g/mol.